The Hall–Kier alpha value is -3.80. The molecule has 6 nitrogen and oxygen atoms in total. The zero-order valence-corrected chi connectivity index (χ0v) is 19.2. The van der Waals surface area contributed by atoms with Crippen molar-refractivity contribution in [2.45, 2.75) is 25.9 Å². The molecule has 172 valence electrons. The minimum absolute atomic E-state index is 0.238. The first-order valence-corrected chi connectivity index (χ1v) is 10.8. The van der Waals surface area contributed by atoms with Crippen LogP contribution < -0.4 is 9.47 Å². The lowest BCUT2D eigenvalue weighted by Crippen LogP contribution is -2.29. The molecule has 3 rings (SSSR count). The van der Waals surface area contributed by atoms with Gasteiger partial charge in [0.1, 0.15) is 18.1 Å². The number of hydrogen-bond donors (Lipinski definition) is 1. The Morgan fingerprint density at radius 3 is 2.18 bits per heavy atom. The summed E-state index contributed by atoms with van der Waals surface area (Å²) in [6.07, 6.45) is -0.253. The Labute approximate surface area is 194 Å². The van der Waals surface area contributed by atoms with Gasteiger partial charge in [-0.2, -0.15) is 0 Å². The van der Waals surface area contributed by atoms with Crippen molar-refractivity contribution in [3.63, 3.8) is 0 Å². The fourth-order valence-corrected chi connectivity index (χ4v) is 3.52. The summed E-state index contributed by atoms with van der Waals surface area (Å²) < 4.78 is 11.5. The van der Waals surface area contributed by atoms with Gasteiger partial charge in [-0.3, -0.25) is 9.59 Å². The molecule has 1 atom stereocenters. The molecule has 0 aliphatic heterocycles. The maximum absolute atomic E-state index is 12.4. The molecule has 1 amide bonds. The van der Waals surface area contributed by atoms with Crippen LogP contribution in [-0.2, 0) is 16.2 Å². The van der Waals surface area contributed by atoms with Gasteiger partial charge in [0.25, 0.3) is 0 Å². The largest absolute Gasteiger partial charge is 0.494 e. The number of hydrogen-bond acceptors (Lipinski definition) is 4. The van der Waals surface area contributed by atoms with Gasteiger partial charge in [0.2, 0.25) is 5.91 Å². The SMILES string of the molecule is CCOc1cccc(-c2ccc(COc3ccc(C(CC(=O)O)C(=O)N(C)C)cc3)cc2)c1. The zero-order valence-electron chi connectivity index (χ0n) is 19.2. The fourth-order valence-electron chi connectivity index (χ4n) is 3.52. The summed E-state index contributed by atoms with van der Waals surface area (Å²) in [7, 11) is 3.24. The van der Waals surface area contributed by atoms with Crippen LogP contribution in [0.3, 0.4) is 0 Å². The lowest BCUT2D eigenvalue weighted by Gasteiger charge is -2.19. The van der Waals surface area contributed by atoms with E-state index in [4.69, 9.17) is 14.6 Å². The van der Waals surface area contributed by atoms with Crippen molar-refractivity contribution in [2.24, 2.45) is 0 Å². The van der Waals surface area contributed by atoms with Gasteiger partial charge < -0.3 is 19.5 Å². The average molecular weight is 448 g/mol. The van der Waals surface area contributed by atoms with Crippen molar-refractivity contribution in [1.29, 1.82) is 0 Å². The van der Waals surface area contributed by atoms with E-state index in [9.17, 15) is 9.59 Å². The topological polar surface area (TPSA) is 76.1 Å². The maximum Gasteiger partial charge on any atom is 0.304 e. The van der Waals surface area contributed by atoms with E-state index < -0.39 is 11.9 Å². The van der Waals surface area contributed by atoms with Gasteiger partial charge in [0.15, 0.2) is 0 Å². The highest BCUT2D eigenvalue weighted by atomic mass is 16.5. The van der Waals surface area contributed by atoms with Gasteiger partial charge in [0.05, 0.1) is 18.9 Å². The van der Waals surface area contributed by atoms with Crippen LogP contribution in [0.25, 0.3) is 11.1 Å². The number of ether oxygens (including phenoxy) is 2. The molecule has 0 bridgehead atoms. The van der Waals surface area contributed by atoms with Gasteiger partial charge in [-0.25, -0.2) is 0 Å². The van der Waals surface area contributed by atoms with Gasteiger partial charge in [-0.1, -0.05) is 48.5 Å². The number of likely N-dealkylation sites (N-methyl/N-ethyl adjacent to an activating group) is 1. The standard InChI is InChI=1S/C27H29NO5/c1-4-32-24-7-5-6-22(16-24)20-10-8-19(9-11-20)18-33-23-14-12-21(13-15-23)25(17-26(29)30)27(31)28(2)3/h5-16,25H,4,17-18H2,1-3H3,(H,29,30). The first-order chi connectivity index (χ1) is 15.9. The van der Waals surface area contributed by atoms with Crippen LogP contribution in [0.5, 0.6) is 11.5 Å². The Kier molecular flexibility index (Phi) is 8.08. The highest BCUT2D eigenvalue weighted by Gasteiger charge is 2.25. The summed E-state index contributed by atoms with van der Waals surface area (Å²) in [5, 5.41) is 9.17. The molecule has 0 aliphatic carbocycles. The predicted molar refractivity (Wildman–Crippen MR) is 128 cm³/mol. The van der Waals surface area contributed by atoms with Crippen molar-refractivity contribution >= 4 is 11.9 Å². The number of carbonyl (C=O) groups excluding carboxylic acids is 1. The van der Waals surface area contributed by atoms with E-state index in [1.54, 1.807) is 38.4 Å². The van der Waals surface area contributed by atoms with Crippen molar-refractivity contribution < 1.29 is 24.2 Å². The van der Waals surface area contributed by atoms with Gasteiger partial charge in [-0.15, -0.1) is 0 Å². The highest BCUT2D eigenvalue weighted by Crippen LogP contribution is 2.26. The average Bonchev–Trinajstić information content (AvgIpc) is 2.82. The van der Waals surface area contributed by atoms with Gasteiger partial charge >= 0.3 is 5.97 Å². The molecule has 1 unspecified atom stereocenters. The summed E-state index contributed by atoms with van der Waals surface area (Å²) in [6, 6.07) is 23.2. The molecule has 0 radical (unpaired) electrons. The summed E-state index contributed by atoms with van der Waals surface area (Å²) in [6.45, 7) is 2.99. The second-order valence-corrected chi connectivity index (χ2v) is 7.90. The van der Waals surface area contributed by atoms with Crippen LogP contribution in [0.15, 0.2) is 72.8 Å². The molecule has 0 fully saturated rings. The number of rotatable bonds is 10. The number of benzene rings is 3. The second kappa shape index (κ2) is 11.2. The van der Waals surface area contributed by atoms with Crippen LogP contribution in [-0.4, -0.2) is 42.6 Å². The van der Waals surface area contributed by atoms with E-state index in [1.807, 2.05) is 43.3 Å². The predicted octanol–water partition coefficient (Wildman–Crippen LogP) is 4.98. The smallest absolute Gasteiger partial charge is 0.304 e. The Bertz CT molecular complexity index is 1070. The molecule has 1 N–H and O–H groups in total. The third-order valence-electron chi connectivity index (χ3n) is 5.24. The lowest BCUT2D eigenvalue weighted by atomic mass is 9.94. The van der Waals surface area contributed by atoms with Crippen molar-refractivity contribution in [1.82, 2.24) is 4.90 Å². The van der Waals surface area contributed by atoms with E-state index in [2.05, 4.69) is 12.1 Å². The molecule has 0 aliphatic rings. The molecule has 33 heavy (non-hydrogen) atoms. The summed E-state index contributed by atoms with van der Waals surface area (Å²) in [4.78, 5) is 25.0. The molecule has 0 heterocycles. The molecule has 3 aromatic rings. The quantitative estimate of drug-likeness (QED) is 0.474. The molecule has 0 aromatic heterocycles. The van der Waals surface area contributed by atoms with Crippen molar-refractivity contribution in [3.8, 4) is 22.6 Å². The van der Waals surface area contributed by atoms with E-state index in [1.165, 1.54) is 4.90 Å². The molecule has 0 spiro atoms. The van der Waals surface area contributed by atoms with Crippen LogP contribution in [0.1, 0.15) is 30.4 Å². The van der Waals surface area contributed by atoms with Crippen LogP contribution in [0.4, 0.5) is 0 Å². The summed E-state index contributed by atoms with van der Waals surface area (Å²) in [5.41, 5.74) is 3.87. The Morgan fingerprint density at radius 1 is 0.879 bits per heavy atom. The van der Waals surface area contributed by atoms with Crippen molar-refractivity contribution in [2.75, 3.05) is 20.7 Å². The first kappa shape index (κ1) is 23.9. The summed E-state index contributed by atoms with van der Waals surface area (Å²) in [5.74, 6) is -0.468. The molecule has 0 saturated carbocycles. The fraction of sp³-hybridized carbons (Fsp3) is 0.259. The minimum Gasteiger partial charge on any atom is -0.494 e. The van der Waals surface area contributed by atoms with Gasteiger partial charge in [-0.05, 0) is 53.4 Å². The number of amides is 1. The summed E-state index contributed by atoms with van der Waals surface area (Å²) >= 11 is 0. The molecule has 0 saturated heterocycles. The highest BCUT2D eigenvalue weighted by molar-refractivity contribution is 5.87. The molecule has 3 aromatic carbocycles. The molecular weight excluding hydrogens is 418 g/mol. The van der Waals surface area contributed by atoms with E-state index in [0.29, 0.717) is 24.5 Å². The number of nitrogens with zero attached hydrogens (tertiary/aromatic N) is 1. The number of carboxylic acid groups (broad SMARTS) is 1. The van der Waals surface area contributed by atoms with Crippen LogP contribution in [0.2, 0.25) is 0 Å². The maximum atomic E-state index is 12.4. The number of aliphatic carboxylic acids is 1. The molecule has 6 heteroatoms. The number of carboxylic acids is 1. The lowest BCUT2D eigenvalue weighted by molar-refractivity contribution is -0.141. The monoisotopic (exact) mass is 447 g/mol. The third kappa shape index (κ3) is 6.59. The van der Waals surface area contributed by atoms with Crippen molar-refractivity contribution in [3.05, 3.63) is 83.9 Å². The third-order valence-corrected chi connectivity index (χ3v) is 5.24. The van der Waals surface area contributed by atoms with Crippen LogP contribution in [0, 0.1) is 0 Å². The second-order valence-electron chi connectivity index (χ2n) is 7.90. The normalized spacial score (nSPS) is 11.5. The van der Waals surface area contributed by atoms with Crippen LogP contribution >= 0.6 is 0 Å². The molecular formula is C27H29NO5. The van der Waals surface area contributed by atoms with E-state index in [-0.39, 0.29) is 12.3 Å². The van der Waals surface area contributed by atoms with E-state index in [0.717, 1.165) is 22.4 Å². The first-order valence-electron chi connectivity index (χ1n) is 10.8. The Balaban J connectivity index is 1.63. The van der Waals surface area contributed by atoms with E-state index >= 15 is 0 Å². The van der Waals surface area contributed by atoms with Gasteiger partial charge in [0, 0.05) is 14.1 Å². The Morgan fingerprint density at radius 2 is 1.58 bits per heavy atom. The zero-order chi connectivity index (χ0) is 23.8. The minimum atomic E-state index is -1.01. The number of carbonyl (C=O) groups is 2.